The maximum Gasteiger partial charge on any atom is 0.251 e. The van der Waals surface area contributed by atoms with Gasteiger partial charge in [0.2, 0.25) is 0 Å². The summed E-state index contributed by atoms with van der Waals surface area (Å²) < 4.78 is 13.1. The van der Waals surface area contributed by atoms with Gasteiger partial charge in [0.25, 0.3) is 5.56 Å². The van der Waals surface area contributed by atoms with Gasteiger partial charge in [0, 0.05) is 17.3 Å². The maximum absolute atomic E-state index is 13.1. The van der Waals surface area contributed by atoms with Crippen LogP contribution in [0.1, 0.15) is 29.4 Å². The Morgan fingerprint density at radius 3 is 2.90 bits per heavy atom. The van der Waals surface area contributed by atoms with Crippen LogP contribution in [0.25, 0.3) is 0 Å². The van der Waals surface area contributed by atoms with Gasteiger partial charge in [0.15, 0.2) is 10.9 Å². The van der Waals surface area contributed by atoms with Crippen LogP contribution in [0.4, 0.5) is 4.39 Å². The molecule has 0 saturated carbocycles. The van der Waals surface area contributed by atoms with Crippen LogP contribution in [0.3, 0.4) is 0 Å². The van der Waals surface area contributed by atoms with Crippen molar-refractivity contribution in [1.82, 2.24) is 9.97 Å². The van der Waals surface area contributed by atoms with Crippen molar-refractivity contribution in [3.05, 3.63) is 57.8 Å². The summed E-state index contributed by atoms with van der Waals surface area (Å²) in [6.07, 6.45) is 1.61. The summed E-state index contributed by atoms with van der Waals surface area (Å²) in [5, 5.41) is 0.413. The number of thioether (sulfide) groups is 1. The predicted molar refractivity (Wildman–Crippen MR) is 80.3 cm³/mol. The quantitative estimate of drug-likeness (QED) is 0.506. The number of hydrogen-bond donors (Lipinski definition) is 1. The normalized spacial score (nSPS) is 10.6. The van der Waals surface area contributed by atoms with Crippen LogP contribution in [0.5, 0.6) is 0 Å². The van der Waals surface area contributed by atoms with E-state index in [0.717, 1.165) is 24.6 Å². The number of aromatic nitrogens is 2. The van der Waals surface area contributed by atoms with E-state index in [9.17, 15) is 14.0 Å². The molecule has 0 aliphatic carbocycles. The summed E-state index contributed by atoms with van der Waals surface area (Å²) in [4.78, 5) is 30.3. The molecular weight excluding hydrogens is 291 g/mol. The number of nitrogens with one attached hydrogen (secondary N) is 1. The highest BCUT2D eigenvalue weighted by Gasteiger charge is 2.09. The molecule has 1 heterocycles. The highest BCUT2D eigenvalue weighted by Crippen LogP contribution is 2.15. The van der Waals surface area contributed by atoms with Crippen molar-refractivity contribution in [3.63, 3.8) is 0 Å². The Morgan fingerprint density at radius 2 is 2.19 bits per heavy atom. The number of Topliss-reactive ketones (excluding diaryl/α,β-unsaturated/α-hetero) is 1. The Balaban J connectivity index is 2.06. The standard InChI is InChI=1S/C15H15FN2O2S/c1-2-4-12-8-14(20)18-15(17-12)21-9-13(19)10-5-3-6-11(16)7-10/h3,5-8H,2,4,9H2,1H3,(H,17,18,20). The second kappa shape index (κ2) is 7.17. The fourth-order valence-electron chi connectivity index (χ4n) is 1.82. The second-order valence-corrected chi connectivity index (χ2v) is 5.48. The topological polar surface area (TPSA) is 62.8 Å². The van der Waals surface area contributed by atoms with Gasteiger partial charge in [-0.05, 0) is 18.6 Å². The third kappa shape index (κ3) is 4.53. The number of aryl methyl sites for hydroxylation is 1. The molecule has 0 radical (unpaired) electrons. The maximum atomic E-state index is 13.1. The van der Waals surface area contributed by atoms with E-state index in [1.165, 1.54) is 24.3 Å². The minimum Gasteiger partial charge on any atom is -0.301 e. The average Bonchev–Trinajstić information content (AvgIpc) is 2.44. The van der Waals surface area contributed by atoms with Gasteiger partial charge >= 0.3 is 0 Å². The van der Waals surface area contributed by atoms with Gasteiger partial charge in [-0.1, -0.05) is 37.2 Å². The van der Waals surface area contributed by atoms with Gasteiger partial charge in [-0.25, -0.2) is 9.37 Å². The number of H-pyrrole nitrogens is 1. The lowest BCUT2D eigenvalue weighted by atomic mass is 10.1. The minimum atomic E-state index is -0.442. The Labute approximate surface area is 125 Å². The van der Waals surface area contributed by atoms with Crippen LogP contribution in [0, 0.1) is 5.82 Å². The molecule has 0 fully saturated rings. The molecule has 1 N–H and O–H groups in total. The van der Waals surface area contributed by atoms with E-state index < -0.39 is 5.82 Å². The first-order valence-corrected chi connectivity index (χ1v) is 7.59. The summed E-state index contributed by atoms with van der Waals surface area (Å²) >= 11 is 1.14. The largest absolute Gasteiger partial charge is 0.301 e. The molecule has 6 heteroatoms. The van der Waals surface area contributed by atoms with Gasteiger partial charge < -0.3 is 4.98 Å². The van der Waals surface area contributed by atoms with Crippen molar-refractivity contribution in [2.75, 3.05) is 5.75 Å². The Hall–Kier alpha value is -1.95. The Kier molecular flexibility index (Phi) is 5.27. The predicted octanol–water partition coefficient (Wildman–Crippen LogP) is 2.84. The van der Waals surface area contributed by atoms with Crippen molar-refractivity contribution in [2.45, 2.75) is 24.9 Å². The molecule has 21 heavy (non-hydrogen) atoms. The summed E-state index contributed by atoms with van der Waals surface area (Å²) in [6.45, 7) is 2.00. The molecular formula is C15H15FN2O2S. The van der Waals surface area contributed by atoms with Crippen molar-refractivity contribution in [2.24, 2.45) is 0 Å². The molecule has 0 unspecified atom stereocenters. The molecule has 1 aromatic carbocycles. The van der Waals surface area contributed by atoms with Gasteiger partial charge in [-0.15, -0.1) is 0 Å². The summed E-state index contributed by atoms with van der Waals surface area (Å²) in [7, 11) is 0. The van der Waals surface area contributed by atoms with Crippen molar-refractivity contribution in [3.8, 4) is 0 Å². The number of carbonyl (C=O) groups excluding carboxylic acids is 1. The zero-order valence-corrected chi connectivity index (χ0v) is 12.4. The van der Waals surface area contributed by atoms with Crippen LogP contribution in [-0.4, -0.2) is 21.5 Å². The van der Waals surface area contributed by atoms with Crippen LogP contribution in [0.2, 0.25) is 0 Å². The molecule has 110 valence electrons. The number of hydrogen-bond acceptors (Lipinski definition) is 4. The molecule has 4 nitrogen and oxygen atoms in total. The molecule has 2 rings (SSSR count). The third-order valence-corrected chi connectivity index (χ3v) is 3.64. The van der Waals surface area contributed by atoms with E-state index in [0.29, 0.717) is 16.4 Å². The number of benzene rings is 1. The van der Waals surface area contributed by atoms with Crippen LogP contribution < -0.4 is 5.56 Å². The minimum absolute atomic E-state index is 0.0992. The fourth-order valence-corrected chi connectivity index (χ4v) is 2.60. The number of rotatable bonds is 6. The smallest absolute Gasteiger partial charge is 0.251 e. The first-order chi connectivity index (χ1) is 10.1. The lowest BCUT2D eigenvalue weighted by Crippen LogP contribution is -2.11. The number of nitrogens with zero attached hydrogens (tertiary/aromatic N) is 1. The van der Waals surface area contributed by atoms with E-state index in [4.69, 9.17) is 0 Å². The Morgan fingerprint density at radius 1 is 1.38 bits per heavy atom. The van der Waals surface area contributed by atoms with Crippen LogP contribution in [0.15, 0.2) is 40.3 Å². The van der Waals surface area contributed by atoms with Crippen molar-refractivity contribution in [1.29, 1.82) is 0 Å². The first-order valence-electron chi connectivity index (χ1n) is 6.60. The monoisotopic (exact) mass is 306 g/mol. The number of aromatic amines is 1. The third-order valence-electron chi connectivity index (χ3n) is 2.77. The molecule has 2 aromatic rings. The zero-order chi connectivity index (χ0) is 15.2. The van der Waals surface area contributed by atoms with Crippen molar-refractivity contribution < 1.29 is 9.18 Å². The van der Waals surface area contributed by atoms with E-state index in [1.54, 1.807) is 6.07 Å². The molecule has 1 aromatic heterocycles. The second-order valence-electron chi connectivity index (χ2n) is 4.51. The molecule has 0 bridgehead atoms. The van der Waals surface area contributed by atoms with E-state index in [2.05, 4.69) is 9.97 Å². The number of ketones is 1. The fraction of sp³-hybridized carbons (Fsp3) is 0.267. The highest BCUT2D eigenvalue weighted by atomic mass is 32.2. The highest BCUT2D eigenvalue weighted by molar-refractivity contribution is 7.99. The van der Waals surface area contributed by atoms with E-state index >= 15 is 0 Å². The van der Waals surface area contributed by atoms with Gasteiger partial charge in [0.05, 0.1) is 5.75 Å². The molecule has 0 atom stereocenters. The Bertz CT molecular complexity index is 700. The molecule has 0 spiro atoms. The SMILES string of the molecule is CCCc1cc(=O)[nH]c(SCC(=O)c2cccc(F)c2)n1. The number of halogens is 1. The summed E-state index contributed by atoms with van der Waals surface area (Å²) in [5.41, 5.74) is 0.797. The van der Waals surface area contributed by atoms with Crippen molar-refractivity contribution >= 4 is 17.5 Å². The van der Waals surface area contributed by atoms with Gasteiger partial charge in [-0.3, -0.25) is 9.59 Å². The van der Waals surface area contributed by atoms with Crippen LogP contribution >= 0.6 is 11.8 Å². The average molecular weight is 306 g/mol. The van der Waals surface area contributed by atoms with E-state index in [1.807, 2.05) is 6.92 Å². The summed E-state index contributed by atoms with van der Waals surface area (Å²) in [6, 6.07) is 7.01. The molecule has 0 aliphatic heterocycles. The van der Waals surface area contributed by atoms with Gasteiger partial charge in [-0.2, -0.15) is 0 Å². The lowest BCUT2D eigenvalue weighted by Gasteiger charge is -2.03. The first kappa shape index (κ1) is 15.4. The number of carbonyl (C=O) groups is 1. The van der Waals surface area contributed by atoms with E-state index in [-0.39, 0.29) is 17.1 Å². The lowest BCUT2D eigenvalue weighted by molar-refractivity contribution is 0.102. The zero-order valence-electron chi connectivity index (χ0n) is 11.6. The molecule has 0 aliphatic rings. The van der Waals surface area contributed by atoms with Crippen LogP contribution in [-0.2, 0) is 6.42 Å². The summed E-state index contributed by atoms with van der Waals surface area (Å²) in [5.74, 6) is -0.549. The van der Waals surface area contributed by atoms with Gasteiger partial charge in [0.1, 0.15) is 5.82 Å². The molecule has 0 amide bonds. The molecule has 0 saturated heterocycles.